The molecule has 2 atom stereocenters. The Morgan fingerprint density at radius 1 is 1.23 bits per heavy atom. The number of nitrogens with zero attached hydrogens (tertiary/aromatic N) is 2. The number of aliphatic hydroxyl groups excluding tert-OH is 1. The van der Waals surface area contributed by atoms with Crippen LogP contribution in [-0.2, 0) is 0 Å². The summed E-state index contributed by atoms with van der Waals surface area (Å²) in [6, 6.07) is 8.75. The molecule has 120 valence electrons. The van der Waals surface area contributed by atoms with Crippen molar-refractivity contribution in [3.8, 4) is 5.69 Å². The molecule has 0 aliphatic carbocycles. The maximum absolute atomic E-state index is 9.58. The van der Waals surface area contributed by atoms with Crippen LogP contribution in [0.1, 0.15) is 45.7 Å². The predicted molar refractivity (Wildman–Crippen MR) is 90.1 cm³/mol. The summed E-state index contributed by atoms with van der Waals surface area (Å²) in [6.45, 7) is 8.89. The molecule has 22 heavy (non-hydrogen) atoms. The monoisotopic (exact) mass is 301 g/mol. The van der Waals surface area contributed by atoms with Crippen LogP contribution in [0.25, 0.3) is 5.69 Å². The Morgan fingerprint density at radius 3 is 2.41 bits per heavy atom. The molecule has 0 saturated carbocycles. The number of imidazole rings is 1. The van der Waals surface area contributed by atoms with Gasteiger partial charge in [0.1, 0.15) is 0 Å². The van der Waals surface area contributed by atoms with Crippen molar-refractivity contribution >= 4 is 0 Å². The Morgan fingerprint density at radius 2 is 1.91 bits per heavy atom. The molecule has 0 aliphatic rings. The molecule has 0 spiro atoms. The second kappa shape index (κ2) is 7.07. The normalized spacial score (nSPS) is 14.8. The summed E-state index contributed by atoms with van der Waals surface area (Å²) in [5.41, 5.74) is 2.52. The molecular weight excluding hydrogens is 274 g/mol. The minimum atomic E-state index is 0.114. The van der Waals surface area contributed by atoms with Gasteiger partial charge in [-0.2, -0.15) is 0 Å². The molecule has 2 unspecified atom stereocenters. The average Bonchev–Trinajstić information content (AvgIpc) is 2.99. The maximum atomic E-state index is 9.58. The number of benzene rings is 1. The van der Waals surface area contributed by atoms with E-state index in [1.54, 1.807) is 12.5 Å². The van der Waals surface area contributed by atoms with Crippen LogP contribution in [0.3, 0.4) is 0 Å². The minimum Gasteiger partial charge on any atom is -0.395 e. The van der Waals surface area contributed by atoms with E-state index in [-0.39, 0.29) is 24.1 Å². The van der Waals surface area contributed by atoms with Gasteiger partial charge >= 0.3 is 0 Å². The van der Waals surface area contributed by atoms with Crippen molar-refractivity contribution in [3.63, 3.8) is 0 Å². The molecule has 1 heterocycles. The average molecular weight is 301 g/mol. The van der Waals surface area contributed by atoms with Crippen molar-refractivity contribution in [2.75, 3.05) is 6.61 Å². The Bertz CT molecular complexity index is 555. The van der Waals surface area contributed by atoms with E-state index in [1.165, 1.54) is 5.56 Å². The van der Waals surface area contributed by atoms with Gasteiger partial charge in [-0.3, -0.25) is 0 Å². The van der Waals surface area contributed by atoms with E-state index in [1.807, 2.05) is 10.8 Å². The molecule has 0 bridgehead atoms. The van der Waals surface area contributed by atoms with Crippen molar-refractivity contribution in [1.82, 2.24) is 14.9 Å². The highest BCUT2D eigenvalue weighted by Gasteiger charge is 2.20. The minimum absolute atomic E-state index is 0.114. The topological polar surface area (TPSA) is 50.1 Å². The zero-order chi connectivity index (χ0) is 16.2. The van der Waals surface area contributed by atoms with Gasteiger partial charge in [-0.05, 0) is 36.5 Å². The first-order chi connectivity index (χ1) is 10.4. The lowest BCUT2D eigenvalue weighted by Crippen LogP contribution is -2.37. The van der Waals surface area contributed by atoms with Crippen molar-refractivity contribution in [3.05, 3.63) is 48.5 Å². The van der Waals surface area contributed by atoms with E-state index in [4.69, 9.17) is 0 Å². The Balaban J connectivity index is 2.01. The first kappa shape index (κ1) is 16.7. The van der Waals surface area contributed by atoms with Gasteiger partial charge < -0.3 is 15.0 Å². The summed E-state index contributed by atoms with van der Waals surface area (Å²) in [7, 11) is 0. The molecule has 1 aromatic heterocycles. The quantitative estimate of drug-likeness (QED) is 0.860. The zero-order valence-electron chi connectivity index (χ0n) is 14.0. The molecule has 1 aromatic carbocycles. The summed E-state index contributed by atoms with van der Waals surface area (Å²) in [6.07, 6.45) is 6.45. The van der Waals surface area contributed by atoms with Crippen molar-refractivity contribution in [2.24, 2.45) is 5.41 Å². The zero-order valence-corrected chi connectivity index (χ0v) is 14.0. The van der Waals surface area contributed by atoms with Gasteiger partial charge in [-0.25, -0.2) is 4.98 Å². The summed E-state index contributed by atoms with van der Waals surface area (Å²) < 4.78 is 1.98. The first-order valence-electron chi connectivity index (χ1n) is 7.84. The number of aromatic nitrogens is 2. The third-order valence-corrected chi connectivity index (χ3v) is 3.76. The SMILES string of the molecule is CC(NC(CO)CC(C)(C)C)c1ccc(-n2ccnc2)cc1. The fraction of sp³-hybridized carbons (Fsp3) is 0.500. The third-order valence-electron chi connectivity index (χ3n) is 3.76. The summed E-state index contributed by atoms with van der Waals surface area (Å²) in [5.74, 6) is 0. The van der Waals surface area contributed by atoms with Crippen LogP contribution in [0, 0.1) is 5.41 Å². The molecule has 4 nitrogen and oxygen atoms in total. The molecule has 2 rings (SSSR count). The van der Waals surface area contributed by atoms with Gasteiger partial charge in [0.2, 0.25) is 0 Å². The molecule has 2 N–H and O–H groups in total. The van der Waals surface area contributed by atoms with Crippen LogP contribution in [0.5, 0.6) is 0 Å². The van der Waals surface area contributed by atoms with Crippen molar-refractivity contribution in [2.45, 2.75) is 46.2 Å². The summed E-state index contributed by atoms with van der Waals surface area (Å²) >= 11 is 0. The molecule has 0 radical (unpaired) electrons. The Hall–Kier alpha value is -1.65. The van der Waals surface area contributed by atoms with Crippen molar-refractivity contribution in [1.29, 1.82) is 0 Å². The summed E-state index contributed by atoms with van der Waals surface area (Å²) in [4.78, 5) is 4.06. The van der Waals surface area contributed by atoms with Crippen LogP contribution >= 0.6 is 0 Å². The van der Waals surface area contributed by atoms with Crippen LogP contribution in [0.15, 0.2) is 43.0 Å². The fourth-order valence-electron chi connectivity index (χ4n) is 2.71. The fourth-order valence-corrected chi connectivity index (χ4v) is 2.71. The highest BCUT2D eigenvalue weighted by atomic mass is 16.3. The number of aliphatic hydroxyl groups is 1. The Kier molecular flexibility index (Phi) is 5.37. The lowest BCUT2D eigenvalue weighted by Gasteiger charge is -2.28. The van der Waals surface area contributed by atoms with Gasteiger partial charge in [-0.15, -0.1) is 0 Å². The van der Waals surface area contributed by atoms with E-state index in [0.29, 0.717) is 0 Å². The highest BCUT2D eigenvalue weighted by molar-refractivity contribution is 5.35. The largest absolute Gasteiger partial charge is 0.395 e. The molecule has 0 saturated heterocycles. The molecule has 0 aliphatic heterocycles. The van der Waals surface area contributed by atoms with E-state index in [9.17, 15) is 5.11 Å². The predicted octanol–water partition coefficient (Wildman–Crippen LogP) is 3.32. The number of hydrogen-bond acceptors (Lipinski definition) is 3. The lowest BCUT2D eigenvalue weighted by atomic mass is 9.88. The van der Waals surface area contributed by atoms with Gasteiger partial charge in [0.05, 0.1) is 12.9 Å². The number of nitrogens with one attached hydrogen (secondary N) is 1. The second-order valence-corrected chi connectivity index (χ2v) is 7.09. The molecule has 0 fully saturated rings. The molecular formula is C18H27N3O. The molecule has 0 amide bonds. The van der Waals surface area contributed by atoms with Crippen LogP contribution < -0.4 is 5.32 Å². The van der Waals surface area contributed by atoms with Gasteiger partial charge in [0, 0.05) is 30.2 Å². The maximum Gasteiger partial charge on any atom is 0.0991 e. The van der Waals surface area contributed by atoms with E-state index in [2.05, 4.69) is 62.3 Å². The van der Waals surface area contributed by atoms with Gasteiger partial charge in [-0.1, -0.05) is 32.9 Å². The van der Waals surface area contributed by atoms with Gasteiger partial charge in [0.15, 0.2) is 0 Å². The molecule has 2 aromatic rings. The summed E-state index contributed by atoms with van der Waals surface area (Å²) in [5, 5.41) is 13.1. The lowest BCUT2D eigenvalue weighted by molar-refractivity contribution is 0.190. The van der Waals surface area contributed by atoms with Crippen LogP contribution in [-0.4, -0.2) is 27.3 Å². The van der Waals surface area contributed by atoms with E-state index < -0.39 is 0 Å². The standard InChI is InChI=1S/C18H27N3O/c1-14(20-16(12-22)11-18(2,3)4)15-5-7-17(8-6-15)21-10-9-19-13-21/h5-10,13-14,16,20,22H,11-12H2,1-4H3. The first-order valence-corrected chi connectivity index (χ1v) is 7.84. The smallest absolute Gasteiger partial charge is 0.0991 e. The van der Waals surface area contributed by atoms with E-state index >= 15 is 0 Å². The number of hydrogen-bond donors (Lipinski definition) is 2. The van der Waals surface area contributed by atoms with Gasteiger partial charge in [0.25, 0.3) is 0 Å². The highest BCUT2D eigenvalue weighted by Crippen LogP contribution is 2.23. The third kappa shape index (κ3) is 4.68. The second-order valence-electron chi connectivity index (χ2n) is 7.09. The van der Waals surface area contributed by atoms with E-state index in [0.717, 1.165) is 12.1 Å². The molecule has 4 heteroatoms. The van der Waals surface area contributed by atoms with Crippen LogP contribution in [0.2, 0.25) is 0 Å². The van der Waals surface area contributed by atoms with Crippen LogP contribution in [0.4, 0.5) is 0 Å². The van der Waals surface area contributed by atoms with Crippen molar-refractivity contribution < 1.29 is 5.11 Å². The number of rotatable bonds is 6. The Labute approximate surface area is 133 Å².